The molecule has 198 valence electrons. The maximum Gasteiger partial charge on any atom is 0.408 e. The van der Waals surface area contributed by atoms with Crippen molar-refractivity contribution >= 4 is 12.0 Å². The van der Waals surface area contributed by atoms with Crippen molar-refractivity contribution in [1.29, 1.82) is 5.26 Å². The van der Waals surface area contributed by atoms with E-state index in [0.717, 1.165) is 37.1 Å². The summed E-state index contributed by atoms with van der Waals surface area (Å²) in [5, 5.41) is 15.3. The van der Waals surface area contributed by atoms with Gasteiger partial charge in [-0.3, -0.25) is 14.2 Å². The number of alkyl carbamates (subject to hydrolysis) is 1. The fourth-order valence-corrected chi connectivity index (χ4v) is 4.38. The summed E-state index contributed by atoms with van der Waals surface area (Å²) in [6.07, 6.45) is 4.02. The molecular formula is C27H32F2N4O4. The molecule has 10 heteroatoms. The predicted octanol–water partition coefficient (Wildman–Crippen LogP) is 4.69. The van der Waals surface area contributed by atoms with Gasteiger partial charge in [-0.1, -0.05) is 43.5 Å². The first kappa shape index (κ1) is 27.8. The van der Waals surface area contributed by atoms with Crippen molar-refractivity contribution in [2.24, 2.45) is 0 Å². The zero-order chi connectivity index (χ0) is 27.2. The fraction of sp³-hybridized carbons (Fsp3) is 0.481. The summed E-state index contributed by atoms with van der Waals surface area (Å²) in [5.41, 5.74) is -0.833. The Hall–Kier alpha value is -3.74. The van der Waals surface area contributed by atoms with Gasteiger partial charge in [0.2, 0.25) is 5.91 Å². The third kappa shape index (κ3) is 7.38. The summed E-state index contributed by atoms with van der Waals surface area (Å²) >= 11 is 0. The molecule has 1 atom stereocenters. The normalized spacial score (nSPS) is 15.9. The van der Waals surface area contributed by atoms with Crippen LogP contribution in [0.15, 0.2) is 47.4 Å². The van der Waals surface area contributed by atoms with Gasteiger partial charge in [-0.15, -0.1) is 0 Å². The van der Waals surface area contributed by atoms with E-state index in [-0.39, 0.29) is 6.42 Å². The summed E-state index contributed by atoms with van der Waals surface area (Å²) in [6, 6.07) is 10.7. The van der Waals surface area contributed by atoms with Gasteiger partial charge >= 0.3 is 12.6 Å². The molecular weight excluding hydrogens is 482 g/mol. The molecule has 1 aromatic carbocycles. The quantitative estimate of drug-likeness (QED) is 0.557. The van der Waals surface area contributed by atoms with E-state index in [9.17, 15) is 28.4 Å². The summed E-state index contributed by atoms with van der Waals surface area (Å²) in [6.45, 7) is 2.29. The highest BCUT2D eigenvalue weighted by Gasteiger charge is 2.42. The number of pyridine rings is 1. The molecule has 1 saturated carbocycles. The number of amides is 2. The second-order valence-corrected chi connectivity index (χ2v) is 10.3. The van der Waals surface area contributed by atoms with Crippen LogP contribution in [0.25, 0.3) is 11.1 Å². The Balaban J connectivity index is 1.71. The topological polar surface area (TPSA) is 113 Å². The number of halogens is 2. The summed E-state index contributed by atoms with van der Waals surface area (Å²) < 4.78 is 31.8. The molecule has 1 aliphatic rings. The van der Waals surface area contributed by atoms with Gasteiger partial charge in [0.1, 0.15) is 17.2 Å². The van der Waals surface area contributed by atoms with Crippen LogP contribution in [0.3, 0.4) is 0 Å². The van der Waals surface area contributed by atoms with E-state index in [1.807, 2.05) is 0 Å². The third-order valence-corrected chi connectivity index (χ3v) is 6.22. The lowest BCUT2D eigenvalue weighted by Gasteiger charge is -2.37. The maximum absolute atomic E-state index is 13.3. The highest BCUT2D eigenvalue weighted by Crippen LogP contribution is 2.29. The van der Waals surface area contributed by atoms with E-state index in [1.165, 1.54) is 6.07 Å². The molecule has 2 N–H and O–H groups in total. The van der Waals surface area contributed by atoms with Crippen LogP contribution in [0, 0.1) is 11.3 Å². The number of carbonyl (C=O) groups excluding carboxylic acids is 2. The molecule has 0 spiro atoms. The van der Waals surface area contributed by atoms with Crippen molar-refractivity contribution in [3.8, 4) is 17.2 Å². The number of benzene rings is 1. The third-order valence-electron chi connectivity index (χ3n) is 6.22. The minimum absolute atomic E-state index is 0.210. The maximum atomic E-state index is 13.3. The summed E-state index contributed by atoms with van der Waals surface area (Å²) in [7, 11) is 0. The number of aromatic nitrogens is 1. The van der Waals surface area contributed by atoms with E-state index in [2.05, 4.69) is 16.7 Å². The molecule has 2 amide bonds. The van der Waals surface area contributed by atoms with Crippen molar-refractivity contribution in [2.45, 2.75) is 83.0 Å². The molecule has 1 fully saturated rings. The van der Waals surface area contributed by atoms with Crippen molar-refractivity contribution in [3.63, 3.8) is 0 Å². The Kier molecular flexibility index (Phi) is 8.69. The highest BCUT2D eigenvalue weighted by molar-refractivity contribution is 5.90. The Bertz CT molecular complexity index is 1210. The van der Waals surface area contributed by atoms with E-state index >= 15 is 0 Å². The Morgan fingerprint density at radius 1 is 1.08 bits per heavy atom. The first-order valence-corrected chi connectivity index (χ1v) is 12.2. The van der Waals surface area contributed by atoms with Crippen molar-refractivity contribution < 1.29 is 23.1 Å². The van der Waals surface area contributed by atoms with Crippen LogP contribution in [0.2, 0.25) is 0 Å². The molecule has 37 heavy (non-hydrogen) atoms. The average Bonchev–Trinajstić information content (AvgIpc) is 2.83. The van der Waals surface area contributed by atoms with Crippen molar-refractivity contribution in [3.05, 3.63) is 58.5 Å². The number of alkyl halides is 2. The first-order valence-electron chi connectivity index (χ1n) is 12.2. The standard InChI is InChI=1S/C27H32F2N4O4/c1-26(2,3)37-25(36)32-27(13-5-4-6-14-27)23(35)31-21(16-30)15-18-7-9-19(10-8-18)20-11-12-22(34)33(17-20)24(28)29/h7-12,17,21,24H,4-6,13-15H2,1-3H3,(H,31,35)(H,32,36). The molecule has 1 unspecified atom stereocenters. The lowest BCUT2D eigenvalue weighted by atomic mass is 9.80. The molecule has 1 aromatic heterocycles. The van der Waals surface area contributed by atoms with Gasteiger partial charge in [0.15, 0.2) is 0 Å². The number of rotatable bonds is 7. The van der Waals surface area contributed by atoms with Crippen LogP contribution in [0.4, 0.5) is 13.6 Å². The average molecular weight is 515 g/mol. The largest absolute Gasteiger partial charge is 0.444 e. The van der Waals surface area contributed by atoms with E-state index < -0.39 is 41.3 Å². The molecule has 0 saturated heterocycles. The van der Waals surface area contributed by atoms with Gasteiger partial charge in [-0.2, -0.15) is 14.0 Å². The number of nitrogens with zero attached hydrogens (tertiary/aromatic N) is 2. The lowest BCUT2D eigenvalue weighted by Crippen LogP contribution is -2.61. The molecule has 3 rings (SSSR count). The zero-order valence-electron chi connectivity index (χ0n) is 21.2. The van der Waals surface area contributed by atoms with Crippen molar-refractivity contribution in [2.75, 3.05) is 0 Å². The van der Waals surface area contributed by atoms with Crippen molar-refractivity contribution in [1.82, 2.24) is 15.2 Å². The Labute approximate surface area is 214 Å². The molecule has 0 bridgehead atoms. The minimum Gasteiger partial charge on any atom is -0.444 e. The smallest absolute Gasteiger partial charge is 0.408 e. The van der Waals surface area contributed by atoms with E-state index in [0.29, 0.717) is 28.5 Å². The molecule has 2 aromatic rings. The van der Waals surface area contributed by atoms with Crippen LogP contribution >= 0.6 is 0 Å². The fourth-order valence-electron chi connectivity index (χ4n) is 4.38. The second kappa shape index (κ2) is 11.5. The van der Waals surface area contributed by atoms with E-state index in [4.69, 9.17) is 4.74 Å². The minimum atomic E-state index is -2.94. The van der Waals surface area contributed by atoms with Crippen LogP contribution in [0.1, 0.15) is 65.0 Å². The van der Waals surface area contributed by atoms with Gasteiger partial charge < -0.3 is 15.4 Å². The number of carbonyl (C=O) groups is 2. The van der Waals surface area contributed by atoms with Crippen LogP contribution in [-0.4, -0.2) is 33.7 Å². The summed E-state index contributed by atoms with van der Waals surface area (Å²) in [4.78, 5) is 37.4. The van der Waals surface area contributed by atoms with Crippen LogP contribution < -0.4 is 16.2 Å². The Morgan fingerprint density at radius 3 is 2.27 bits per heavy atom. The zero-order valence-corrected chi connectivity index (χ0v) is 21.2. The van der Waals surface area contributed by atoms with Gasteiger partial charge in [-0.25, -0.2) is 4.79 Å². The second-order valence-electron chi connectivity index (χ2n) is 10.3. The number of ether oxygens (including phenoxy) is 1. The molecule has 1 heterocycles. The van der Waals surface area contributed by atoms with Crippen LogP contribution in [0.5, 0.6) is 0 Å². The lowest BCUT2D eigenvalue weighted by molar-refractivity contribution is -0.129. The number of nitriles is 1. The number of hydrogen-bond donors (Lipinski definition) is 2. The van der Waals surface area contributed by atoms with Gasteiger partial charge in [0, 0.05) is 18.7 Å². The first-order chi connectivity index (χ1) is 17.4. The SMILES string of the molecule is CC(C)(C)OC(=O)NC1(C(=O)NC(C#N)Cc2ccc(-c3ccc(=O)n(C(F)F)c3)cc2)CCCCC1. The van der Waals surface area contributed by atoms with Gasteiger partial charge in [-0.05, 0) is 56.4 Å². The van der Waals surface area contributed by atoms with Gasteiger partial charge in [0.05, 0.1) is 6.07 Å². The molecule has 1 aliphatic carbocycles. The number of nitrogens with one attached hydrogen (secondary N) is 2. The Morgan fingerprint density at radius 2 is 1.70 bits per heavy atom. The molecule has 0 radical (unpaired) electrons. The molecule has 0 aliphatic heterocycles. The molecule has 8 nitrogen and oxygen atoms in total. The van der Waals surface area contributed by atoms with Crippen LogP contribution in [-0.2, 0) is 16.0 Å². The summed E-state index contributed by atoms with van der Waals surface area (Å²) in [5.74, 6) is -0.421. The monoisotopic (exact) mass is 514 g/mol. The highest BCUT2D eigenvalue weighted by atomic mass is 19.3. The van der Waals surface area contributed by atoms with E-state index in [1.54, 1.807) is 45.0 Å². The predicted molar refractivity (Wildman–Crippen MR) is 134 cm³/mol. The van der Waals surface area contributed by atoms with Gasteiger partial charge in [0.25, 0.3) is 5.56 Å². The number of hydrogen-bond acceptors (Lipinski definition) is 5.